The molecule has 1 unspecified atom stereocenters. The second kappa shape index (κ2) is 8.94. The molecule has 0 saturated carbocycles. The van der Waals surface area contributed by atoms with Gasteiger partial charge in [0.25, 0.3) is 0 Å². The Labute approximate surface area is 150 Å². The van der Waals surface area contributed by atoms with E-state index >= 15 is 0 Å². The SMILES string of the molecule is CC(CCNCc1ccc2c(c1)OCCCO2)NC(=O)OC(C)(C)C. The van der Waals surface area contributed by atoms with Gasteiger partial charge in [-0.2, -0.15) is 0 Å². The first-order valence-corrected chi connectivity index (χ1v) is 8.92. The molecule has 0 bridgehead atoms. The zero-order valence-corrected chi connectivity index (χ0v) is 15.7. The van der Waals surface area contributed by atoms with Gasteiger partial charge in [-0.15, -0.1) is 0 Å². The fraction of sp³-hybridized carbons (Fsp3) is 0.632. The Bertz CT molecular complexity index is 569. The number of alkyl carbamates (subject to hydrolysis) is 1. The first-order chi connectivity index (χ1) is 11.8. The van der Waals surface area contributed by atoms with Gasteiger partial charge in [0.05, 0.1) is 13.2 Å². The highest BCUT2D eigenvalue weighted by atomic mass is 16.6. The molecule has 0 saturated heterocycles. The van der Waals surface area contributed by atoms with Crippen molar-refractivity contribution in [3.8, 4) is 11.5 Å². The number of hydrogen-bond acceptors (Lipinski definition) is 5. The van der Waals surface area contributed by atoms with Crippen molar-refractivity contribution in [1.82, 2.24) is 10.6 Å². The number of benzene rings is 1. The highest BCUT2D eigenvalue weighted by Crippen LogP contribution is 2.30. The summed E-state index contributed by atoms with van der Waals surface area (Å²) in [5.74, 6) is 1.63. The average Bonchev–Trinajstić information content (AvgIpc) is 2.74. The molecule has 0 spiro atoms. The summed E-state index contributed by atoms with van der Waals surface area (Å²) < 4.78 is 16.6. The van der Waals surface area contributed by atoms with Crippen molar-refractivity contribution in [2.45, 2.75) is 58.7 Å². The number of carbonyl (C=O) groups is 1. The second-order valence-corrected chi connectivity index (χ2v) is 7.34. The largest absolute Gasteiger partial charge is 0.490 e. The summed E-state index contributed by atoms with van der Waals surface area (Å²) in [7, 11) is 0. The maximum Gasteiger partial charge on any atom is 0.407 e. The average molecular weight is 350 g/mol. The van der Waals surface area contributed by atoms with Crippen LogP contribution in [0.15, 0.2) is 18.2 Å². The second-order valence-electron chi connectivity index (χ2n) is 7.34. The van der Waals surface area contributed by atoms with Crippen LogP contribution < -0.4 is 20.1 Å². The maximum atomic E-state index is 11.7. The number of carbonyl (C=O) groups excluding carboxylic acids is 1. The number of hydrogen-bond donors (Lipinski definition) is 2. The van der Waals surface area contributed by atoms with Crippen molar-refractivity contribution in [2.24, 2.45) is 0 Å². The van der Waals surface area contributed by atoms with Gasteiger partial charge in [0.1, 0.15) is 5.60 Å². The first kappa shape index (κ1) is 19.4. The number of rotatable bonds is 6. The van der Waals surface area contributed by atoms with Crippen LogP contribution in [0.3, 0.4) is 0 Å². The molecular weight excluding hydrogens is 320 g/mol. The summed E-state index contributed by atoms with van der Waals surface area (Å²) in [5, 5.41) is 6.23. The fourth-order valence-electron chi connectivity index (χ4n) is 2.45. The smallest absolute Gasteiger partial charge is 0.407 e. The van der Waals surface area contributed by atoms with E-state index in [2.05, 4.69) is 10.6 Å². The van der Waals surface area contributed by atoms with E-state index in [0.717, 1.165) is 43.0 Å². The Morgan fingerprint density at radius 1 is 1.24 bits per heavy atom. The van der Waals surface area contributed by atoms with Gasteiger partial charge < -0.3 is 24.8 Å². The van der Waals surface area contributed by atoms with Crippen LogP contribution in [0, 0.1) is 0 Å². The van der Waals surface area contributed by atoms with Crippen molar-refractivity contribution in [3.63, 3.8) is 0 Å². The van der Waals surface area contributed by atoms with E-state index in [9.17, 15) is 4.79 Å². The Hall–Kier alpha value is -1.95. The van der Waals surface area contributed by atoms with Gasteiger partial charge in [0.2, 0.25) is 0 Å². The van der Waals surface area contributed by atoms with E-state index < -0.39 is 5.60 Å². The lowest BCUT2D eigenvalue weighted by atomic mass is 10.2. The predicted molar refractivity (Wildman–Crippen MR) is 97.2 cm³/mol. The summed E-state index contributed by atoms with van der Waals surface area (Å²) in [6, 6.07) is 6.08. The Morgan fingerprint density at radius 2 is 1.96 bits per heavy atom. The third-order valence-corrected chi connectivity index (χ3v) is 3.66. The molecule has 1 amide bonds. The Morgan fingerprint density at radius 3 is 2.68 bits per heavy atom. The summed E-state index contributed by atoms with van der Waals surface area (Å²) in [4.78, 5) is 11.7. The molecule has 1 aliphatic rings. The van der Waals surface area contributed by atoms with Gasteiger partial charge in [0, 0.05) is 19.0 Å². The Balaban J connectivity index is 1.69. The topological polar surface area (TPSA) is 68.8 Å². The molecule has 25 heavy (non-hydrogen) atoms. The van der Waals surface area contributed by atoms with Crippen LogP contribution in [0.5, 0.6) is 11.5 Å². The summed E-state index contributed by atoms with van der Waals surface area (Å²) in [6.07, 6.45) is 1.36. The summed E-state index contributed by atoms with van der Waals surface area (Å²) in [6.45, 7) is 10.5. The van der Waals surface area contributed by atoms with E-state index in [1.165, 1.54) is 0 Å². The van der Waals surface area contributed by atoms with Crippen LogP contribution in [-0.2, 0) is 11.3 Å². The van der Waals surface area contributed by atoms with Crippen LogP contribution >= 0.6 is 0 Å². The highest BCUT2D eigenvalue weighted by molar-refractivity contribution is 5.68. The van der Waals surface area contributed by atoms with E-state index in [-0.39, 0.29) is 12.1 Å². The van der Waals surface area contributed by atoms with Gasteiger partial charge >= 0.3 is 6.09 Å². The number of nitrogens with one attached hydrogen (secondary N) is 2. The third-order valence-electron chi connectivity index (χ3n) is 3.66. The minimum Gasteiger partial charge on any atom is -0.490 e. The molecule has 1 aromatic carbocycles. The van der Waals surface area contributed by atoms with Crippen molar-refractivity contribution in [1.29, 1.82) is 0 Å². The van der Waals surface area contributed by atoms with Crippen LogP contribution in [-0.4, -0.2) is 37.5 Å². The van der Waals surface area contributed by atoms with Crippen LogP contribution in [0.4, 0.5) is 4.79 Å². The molecule has 0 radical (unpaired) electrons. The van der Waals surface area contributed by atoms with Crippen molar-refractivity contribution in [2.75, 3.05) is 19.8 Å². The highest BCUT2D eigenvalue weighted by Gasteiger charge is 2.17. The molecule has 1 aromatic rings. The van der Waals surface area contributed by atoms with Gasteiger partial charge in [-0.25, -0.2) is 4.79 Å². The van der Waals surface area contributed by atoms with Crippen LogP contribution in [0.25, 0.3) is 0 Å². The number of ether oxygens (including phenoxy) is 3. The molecule has 0 aromatic heterocycles. The normalized spacial score (nSPS) is 15.2. The number of amides is 1. The standard InChI is InChI=1S/C19H30N2O4/c1-14(21-18(22)25-19(2,3)4)8-9-20-13-15-6-7-16-17(12-15)24-11-5-10-23-16/h6-7,12,14,20H,5,8-11,13H2,1-4H3,(H,21,22). The quantitative estimate of drug-likeness (QED) is 0.771. The predicted octanol–water partition coefficient (Wildman–Crippen LogP) is 3.24. The van der Waals surface area contributed by atoms with Gasteiger partial charge in [0.15, 0.2) is 11.5 Å². The zero-order valence-electron chi connectivity index (χ0n) is 15.7. The molecule has 1 atom stereocenters. The summed E-state index contributed by atoms with van der Waals surface area (Å²) >= 11 is 0. The van der Waals surface area contributed by atoms with Crippen LogP contribution in [0.2, 0.25) is 0 Å². The first-order valence-electron chi connectivity index (χ1n) is 8.92. The number of fused-ring (bicyclic) bond motifs is 1. The third kappa shape index (κ3) is 7.22. The summed E-state index contributed by atoms with van der Waals surface area (Å²) in [5.41, 5.74) is 0.677. The molecule has 0 fully saturated rings. The van der Waals surface area contributed by atoms with E-state index in [1.54, 1.807) is 0 Å². The van der Waals surface area contributed by atoms with Gasteiger partial charge in [-0.3, -0.25) is 0 Å². The van der Waals surface area contributed by atoms with Crippen molar-refractivity contribution < 1.29 is 19.0 Å². The molecule has 1 aliphatic heterocycles. The molecule has 1 heterocycles. The Kier molecular flexibility index (Phi) is 6.93. The van der Waals surface area contributed by atoms with Gasteiger partial charge in [-0.1, -0.05) is 6.07 Å². The molecule has 140 valence electrons. The van der Waals surface area contributed by atoms with E-state index in [1.807, 2.05) is 45.9 Å². The molecule has 6 nitrogen and oxygen atoms in total. The van der Waals surface area contributed by atoms with Crippen molar-refractivity contribution in [3.05, 3.63) is 23.8 Å². The molecule has 6 heteroatoms. The molecule has 2 N–H and O–H groups in total. The van der Waals surface area contributed by atoms with E-state index in [4.69, 9.17) is 14.2 Å². The lowest BCUT2D eigenvalue weighted by Crippen LogP contribution is -2.38. The molecular formula is C19H30N2O4. The molecule has 0 aliphatic carbocycles. The minimum atomic E-state index is -0.473. The maximum absolute atomic E-state index is 11.7. The monoisotopic (exact) mass is 350 g/mol. The van der Waals surface area contributed by atoms with Gasteiger partial charge in [-0.05, 0) is 58.4 Å². The molecule has 2 rings (SSSR count). The minimum absolute atomic E-state index is 0.0473. The van der Waals surface area contributed by atoms with E-state index in [0.29, 0.717) is 13.2 Å². The lowest BCUT2D eigenvalue weighted by molar-refractivity contribution is 0.0506. The van der Waals surface area contributed by atoms with Crippen LogP contribution in [0.1, 0.15) is 46.1 Å². The zero-order chi connectivity index (χ0) is 18.3. The fourth-order valence-corrected chi connectivity index (χ4v) is 2.45. The lowest BCUT2D eigenvalue weighted by Gasteiger charge is -2.22. The van der Waals surface area contributed by atoms with Crippen molar-refractivity contribution >= 4 is 6.09 Å².